The van der Waals surface area contributed by atoms with Crippen molar-refractivity contribution in [2.45, 2.75) is 38.0 Å². The van der Waals surface area contributed by atoms with Crippen molar-refractivity contribution in [1.29, 1.82) is 0 Å². The minimum absolute atomic E-state index is 0.341. The molecule has 1 unspecified atom stereocenters. The van der Waals surface area contributed by atoms with E-state index in [0.717, 1.165) is 66.1 Å². The van der Waals surface area contributed by atoms with Crippen LogP contribution in [0.25, 0.3) is 0 Å². The summed E-state index contributed by atoms with van der Waals surface area (Å²) in [7, 11) is 7.33. The molecule has 1 atom stereocenters. The number of rotatable bonds is 8. The Hall–Kier alpha value is -1.77. The molecule has 1 saturated carbocycles. The van der Waals surface area contributed by atoms with E-state index in [0.29, 0.717) is 11.8 Å². The van der Waals surface area contributed by atoms with Crippen molar-refractivity contribution in [2.24, 2.45) is 22.6 Å². The van der Waals surface area contributed by atoms with E-state index in [2.05, 4.69) is 31.6 Å². The second-order valence-corrected chi connectivity index (χ2v) is 9.18. The molecule has 1 heterocycles. The number of nitrogens with two attached hydrogens (primary N) is 1. The zero-order chi connectivity index (χ0) is 21.7. The van der Waals surface area contributed by atoms with Crippen LogP contribution >= 0.6 is 15.9 Å². The molecule has 0 spiro atoms. The standard InChI is InChI=1S/C22H34BrN5O2/c1-28(2)21-9-10-26-22(24,27-21)17-7-5-15(6-8-17)13-25-14-16-11-19(29-3)20(30-4)12-18(16)23/h9-12,15,17,25,27H,5-8,13-14,24H2,1-4H3. The summed E-state index contributed by atoms with van der Waals surface area (Å²) in [4.78, 5) is 6.62. The summed E-state index contributed by atoms with van der Waals surface area (Å²) in [5.74, 6) is 2.79. The Morgan fingerprint density at radius 2 is 1.87 bits per heavy atom. The summed E-state index contributed by atoms with van der Waals surface area (Å²) in [5.41, 5.74) is 7.79. The number of halogens is 1. The molecule has 0 radical (unpaired) electrons. The monoisotopic (exact) mass is 479 g/mol. The molecule has 1 aliphatic heterocycles. The minimum atomic E-state index is -0.697. The molecule has 1 aliphatic carbocycles. The molecule has 30 heavy (non-hydrogen) atoms. The Balaban J connectivity index is 1.48. The number of benzene rings is 1. The highest BCUT2D eigenvalue weighted by molar-refractivity contribution is 9.10. The summed E-state index contributed by atoms with van der Waals surface area (Å²) in [6.45, 7) is 1.77. The van der Waals surface area contributed by atoms with E-state index in [1.54, 1.807) is 14.2 Å². The van der Waals surface area contributed by atoms with Crippen molar-refractivity contribution < 1.29 is 9.47 Å². The van der Waals surface area contributed by atoms with Crippen LogP contribution in [-0.4, -0.2) is 51.8 Å². The highest BCUT2D eigenvalue weighted by Crippen LogP contribution is 2.36. The molecular formula is C22H34BrN5O2. The average molecular weight is 480 g/mol. The van der Waals surface area contributed by atoms with Gasteiger partial charge in [-0.15, -0.1) is 0 Å². The molecule has 0 bridgehead atoms. The van der Waals surface area contributed by atoms with E-state index in [1.165, 1.54) is 0 Å². The normalized spacial score (nSPS) is 26.0. The number of nitrogens with one attached hydrogen (secondary N) is 2. The van der Waals surface area contributed by atoms with Crippen molar-refractivity contribution in [3.8, 4) is 11.5 Å². The van der Waals surface area contributed by atoms with Crippen molar-refractivity contribution in [3.05, 3.63) is 34.1 Å². The summed E-state index contributed by atoms with van der Waals surface area (Å²) >= 11 is 3.63. The molecule has 0 aromatic heterocycles. The molecular weight excluding hydrogens is 446 g/mol. The summed E-state index contributed by atoms with van der Waals surface area (Å²) in [6.07, 6.45) is 8.26. The van der Waals surface area contributed by atoms with Crippen molar-refractivity contribution in [1.82, 2.24) is 15.5 Å². The predicted octanol–water partition coefficient (Wildman–Crippen LogP) is 3.05. The quantitative estimate of drug-likeness (QED) is 0.531. The van der Waals surface area contributed by atoms with Crippen LogP contribution in [0.4, 0.5) is 0 Å². The smallest absolute Gasteiger partial charge is 0.186 e. The van der Waals surface area contributed by atoms with Gasteiger partial charge in [0, 0.05) is 37.2 Å². The van der Waals surface area contributed by atoms with Gasteiger partial charge in [-0.05, 0) is 61.9 Å². The maximum atomic E-state index is 6.63. The van der Waals surface area contributed by atoms with E-state index in [9.17, 15) is 0 Å². The molecule has 4 N–H and O–H groups in total. The maximum absolute atomic E-state index is 6.63. The molecule has 1 aromatic carbocycles. The van der Waals surface area contributed by atoms with Gasteiger partial charge >= 0.3 is 0 Å². The zero-order valence-electron chi connectivity index (χ0n) is 18.4. The van der Waals surface area contributed by atoms with Crippen LogP contribution in [0.15, 0.2) is 33.5 Å². The fraction of sp³-hybridized carbons (Fsp3) is 0.591. The lowest BCUT2D eigenvalue weighted by Crippen LogP contribution is -2.60. The largest absolute Gasteiger partial charge is 0.493 e. The maximum Gasteiger partial charge on any atom is 0.186 e. The molecule has 1 fully saturated rings. The second kappa shape index (κ2) is 10.0. The van der Waals surface area contributed by atoms with Gasteiger partial charge in [0.15, 0.2) is 17.3 Å². The molecule has 3 rings (SSSR count). The number of hydrogen-bond donors (Lipinski definition) is 3. The van der Waals surface area contributed by atoms with Gasteiger partial charge in [-0.1, -0.05) is 15.9 Å². The third-order valence-electron chi connectivity index (χ3n) is 6.10. The van der Waals surface area contributed by atoms with E-state index >= 15 is 0 Å². The first-order valence-electron chi connectivity index (χ1n) is 10.5. The second-order valence-electron chi connectivity index (χ2n) is 8.32. The Bertz CT molecular complexity index is 790. The van der Waals surface area contributed by atoms with E-state index in [-0.39, 0.29) is 0 Å². The van der Waals surface area contributed by atoms with Crippen molar-refractivity contribution >= 4 is 22.1 Å². The Labute approximate surface area is 188 Å². The highest BCUT2D eigenvalue weighted by Gasteiger charge is 2.38. The topological polar surface area (TPSA) is 84.1 Å². The lowest BCUT2D eigenvalue weighted by Gasteiger charge is -2.42. The van der Waals surface area contributed by atoms with Crippen LogP contribution in [-0.2, 0) is 6.54 Å². The predicted molar refractivity (Wildman–Crippen MR) is 125 cm³/mol. The van der Waals surface area contributed by atoms with Gasteiger partial charge in [-0.2, -0.15) is 0 Å². The molecule has 166 valence electrons. The molecule has 7 nitrogen and oxygen atoms in total. The van der Waals surface area contributed by atoms with Crippen molar-refractivity contribution in [3.63, 3.8) is 0 Å². The lowest BCUT2D eigenvalue weighted by atomic mass is 9.78. The van der Waals surface area contributed by atoms with Crippen LogP contribution in [0, 0.1) is 11.8 Å². The van der Waals surface area contributed by atoms with E-state index < -0.39 is 5.79 Å². The van der Waals surface area contributed by atoms with Crippen LogP contribution < -0.4 is 25.8 Å². The first kappa shape index (κ1) is 22.9. The van der Waals surface area contributed by atoms with Crippen LogP contribution in [0.2, 0.25) is 0 Å². The third kappa shape index (κ3) is 5.28. The van der Waals surface area contributed by atoms with Gasteiger partial charge in [-0.25, -0.2) is 0 Å². The number of aliphatic imine (C=N–C) groups is 1. The van der Waals surface area contributed by atoms with Gasteiger partial charge in [-0.3, -0.25) is 10.7 Å². The minimum Gasteiger partial charge on any atom is -0.493 e. The number of allylic oxidation sites excluding steroid dienone is 1. The average Bonchev–Trinajstić information content (AvgIpc) is 2.75. The SMILES string of the molecule is COc1cc(Br)c(CNCC2CCC(C3(N)N=CC=C(N(C)C)N3)CC2)cc1OC. The highest BCUT2D eigenvalue weighted by atomic mass is 79.9. The van der Waals surface area contributed by atoms with Gasteiger partial charge in [0.25, 0.3) is 0 Å². The van der Waals surface area contributed by atoms with Crippen LogP contribution in [0.5, 0.6) is 11.5 Å². The van der Waals surface area contributed by atoms with E-state index in [1.807, 2.05) is 43.4 Å². The van der Waals surface area contributed by atoms with Gasteiger partial charge in [0.1, 0.15) is 5.82 Å². The fourth-order valence-corrected chi connectivity index (χ4v) is 4.69. The number of hydrogen-bond acceptors (Lipinski definition) is 7. The number of methoxy groups -OCH3 is 2. The first-order valence-corrected chi connectivity index (χ1v) is 11.3. The molecule has 8 heteroatoms. The van der Waals surface area contributed by atoms with E-state index in [4.69, 9.17) is 15.2 Å². The van der Waals surface area contributed by atoms with Gasteiger partial charge in [0.2, 0.25) is 0 Å². The van der Waals surface area contributed by atoms with Gasteiger partial charge < -0.3 is 25.0 Å². The summed E-state index contributed by atoms with van der Waals surface area (Å²) < 4.78 is 11.8. The summed E-state index contributed by atoms with van der Waals surface area (Å²) in [5, 5.41) is 7.04. The first-order chi connectivity index (χ1) is 14.4. The Morgan fingerprint density at radius 1 is 1.20 bits per heavy atom. The number of nitrogens with zero attached hydrogens (tertiary/aromatic N) is 2. The molecule has 0 saturated heterocycles. The Kier molecular flexibility index (Phi) is 7.65. The van der Waals surface area contributed by atoms with Crippen LogP contribution in [0.1, 0.15) is 31.2 Å². The number of ether oxygens (including phenoxy) is 2. The third-order valence-corrected chi connectivity index (χ3v) is 6.84. The van der Waals surface area contributed by atoms with Crippen LogP contribution in [0.3, 0.4) is 0 Å². The summed E-state index contributed by atoms with van der Waals surface area (Å²) in [6, 6.07) is 3.98. The molecule has 0 amide bonds. The lowest BCUT2D eigenvalue weighted by molar-refractivity contribution is 0.146. The van der Waals surface area contributed by atoms with Crippen molar-refractivity contribution in [2.75, 3.05) is 34.9 Å². The van der Waals surface area contributed by atoms with Gasteiger partial charge in [0.05, 0.1) is 14.2 Å². The molecule has 1 aromatic rings. The zero-order valence-corrected chi connectivity index (χ0v) is 20.0. The Morgan fingerprint density at radius 3 is 2.50 bits per heavy atom. The molecule has 2 aliphatic rings. The fourth-order valence-electron chi connectivity index (χ4n) is 4.23.